The van der Waals surface area contributed by atoms with Gasteiger partial charge in [0.05, 0.1) is 23.3 Å². The minimum Gasteiger partial charge on any atom is -0.466 e. The molecule has 1 aliphatic carbocycles. The molecule has 4 atom stereocenters. The maximum atomic E-state index is 13.4. The van der Waals surface area contributed by atoms with Crippen LogP contribution in [0.5, 0.6) is 0 Å². The van der Waals surface area contributed by atoms with Crippen LogP contribution in [0.1, 0.15) is 26.3 Å². The van der Waals surface area contributed by atoms with Gasteiger partial charge in [0.25, 0.3) is 0 Å². The van der Waals surface area contributed by atoms with Crippen LogP contribution in [0, 0.1) is 24.2 Å². The number of hydrogen-bond donors (Lipinski definition) is 0. The second kappa shape index (κ2) is 7.35. The summed E-state index contributed by atoms with van der Waals surface area (Å²) in [5, 5.41) is 0.0128. The van der Waals surface area contributed by atoms with Crippen LogP contribution in [-0.2, 0) is 20.3 Å². The fourth-order valence-electron chi connectivity index (χ4n) is 3.84. The molecule has 1 fully saturated rings. The molecule has 2 rings (SSSR count). The first-order valence-electron chi connectivity index (χ1n) is 9.13. The zero-order chi connectivity index (χ0) is 19.0. The van der Waals surface area contributed by atoms with Gasteiger partial charge in [0, 0.05) is 18.2 Å². The van der Waals surface area contributed by atoms with Gasteiger partial charge < -0.3 is 4.74 Å². The van der Waals surface area contributed by atoms with Gasteiger partial charge in [-0.15, -0.1) is 0 Å². The van der Waals surface area contributed by atoms with E-state index < -0.39 is 18.9 Å². The molecule has 0 amide bonds. The van der Waals surface area contributed by atoms with Crippen molar-refractivity contribution in [2.75, 3.05) is 6.61 Å². The second-order valence-electron chi connectivity index (χ2n) is 8.99. The third-order valence-electron chi connectivity index (χ3n) is 5.19. The van der Waals surface area contributed by atoms with E-state index in [1.54, 1.807) is 0 Å². The average Bonchev–Trinajstić information content (AvgIpc) is 3.06. The number of aryl methyl sites for hydroxylation is 1. The van der Waals surface area contributed by atoms with Gasteiger partial charge in [0.15, 0.2) is 0 Å². The molecule has 1 aromatic rings. The summed E-state index contributed by atoms with van der Waals surface area (Å²) in [6.45, 7) is 15.4. The number of benzene rings is 1. The SMILES string of the molecule is CCOC(=O)C1C(C(C[Si](C)(C)C)[S@@](=O)c2ccc(C)cc2)C1(C)C. The van der Waals surface area contributed by atoms with E-state index >= 15 is 0 Å². The number of esters is 1. The molecular weight excluding hydrogens is 348 g/mol. The van der Waals surface area contributed by atoms with E-state index in [9.17, 15) is 9.00 Å². The first-order chi connectivity index (χ1) is 11.5. The highest BCUT2D eigenvalue weighted by molar-refractivity contribution is 7.85. The second-order valence-corrected chi connectivity index (χ2v) is 16.2. The van der Waals surface area contributed by atoms with E-state index in [-0.39, 0.29) is 28.5 Å². The van der Waals surface area contributed by atoms with E-state index in [0.717, 1.165) is 10.9 Å². The molecule has 140 valence electrons. The summed E-state index contributed by atoms with van der Waals surface area (Å²) in [6, 6.07) is 8.92. The van der Waals surface area contributed by atoms with Crippen LogP contribution in [0.25, 0.3) is 0 Å². The quantitative estimate of drug-likeness (QED) is 0.511. The summed E-state index contributed by atoms with van der Waals surface area (Å²) in [5.41, 5.74) is 1.02. The summed E-state index contributed by atoms with van der Waals surface area (Å²) in [5.74, 6) is -0.136. The zero-order valence-electron chi connectivity index (χ0n) is 16.6. The van der Waals surface area contributed by atoms with Crippen molar-refractivity contribution < 1.29 is 13.7 Å². The monoisotopic (exact) mass is 380 g/mol. The van der Waals surface area contributed by atoms with Crippen molar-refractivity contribution in [3.8, 4) is 0 Å². The summed E-state index contributed by atoms with van der Waals surface area (Å²) in [7, 11) is -2.54. The lowest BCUT2D eigenvalue weighted by Crippen LogP contribution is -2.32. The van der Waals surface area contributed by atoms with E-state index in [2.05, 4.69) is 33.5 Å². The van der Waals surface area contributed by atoms with Gasteiger partial charge in [-0.2, -0.15) is 0 Å². The Morgan fingerprint density at radius 2 is 1.80 bits per heavy atom. The molecular formula is C20H32O3SSi. The minimum absolute atomic E-state index is 0.0128. The van der Waals surface area contributed by atoms with E-state index in [0.29, 0.717) is 6.61 Å². The maximum absolute atomic E-state index is 13.4. The van der Waals surface area contributed by atoms with Gasteiger partial charge in [-0.3, -0.25) is 9.00 Å². The van der Waals surface area contributed by atoms with Crippen molar-refractivity contribution in [2.24, 2.45) is 17.3 Å². The Morgan fingerprint density at radius 1 is 1.24 bits per heavy atom. The summed E-state index contributed by atoms with van der Waals surface area (Å²) in [6.07, 6.45) is 0. The van der Waals surface area contributed by atoms with Crippen LogP contribution in [0.4, 0.5) is 0 Å². The molecule has 0 saturated heterocycles. The molecule has 0 spiro atoms. The average molecular weight is 381 g/mol. The van der Waals surface area contributed by atoms with Crippen molar-refractivity contribution in [3.05, 3.63) is 29.8 Å². The van der Waals surface area contributed by atoms with Gasteiger partial charge in [0.1, 0.15) is 0 Å². The fraction of sp³-hybridized carbons (Fsp3) is 0.650. The molecule has 1 aliphatic rings. The smallest absolute Gasteiger partial charge is 0.309 e. The van der Waals surface area contributed by atoms with E-state index in [4.69, 9.17) is 4.74 Å². The summed E-state index contributed by atoms with van der Waals surface area (Å²) < 4.78 is 18.7. The predicted molar refractivity (Wildman–Crippen MR) is 107 cm³/mol. The third-order valence-corrected chi connectivity index (χ3v) is 8.90. The number of carbonyl (C=O) groups excluding carboxylic acids is 1. The number of ether oxygens (including phenoxy) is 1. The molecule has 0 bridgehead atoms. The first-order valence-corrected chi connectivity index (χ1v) is 14.0. The summed E-state index contributed by atoms with van der Waals surface area (Å²) >= 11 is 0. The van der Waals surface area contributed by atoms with Crippen molar-refractivity contribution in [1.29, 1.82) is 0 Å². The predicted octanol–water partition coefficient (Wildman–Crippen LogP) is 4.64. The lowest BCUT2D eigenvalue weighted by molar-refractivity contribution is -0.145. The van der Waals surface area contributed by atoms with Gasteiger partial charge in [-0.1, -0.05) is 51.2 Å². The molecule has 0 aromatic heterocycles. The Hall–Kier alpha value is -0.943. The molecule has 0 radical (unpaired) electrons. The lowest BCUT2D eigenvalue weighted by Gasteiger charge is -2.25. The molecule has 25 heavy (non-hydrogen) atoms. The van der Waals surface area contributed by atoms with Crippen LogP contribution in [0.3, 0.4) is 0 Å². The Bertz CT molecular complexity index is 646. The van der Waals surface area contributed by atoms with Crippen molar-refractivity contribution in [2.45, 2.75) is 63.5 Å². The van der Waals surface area contributed by atoms with E-state index in [1.165, 1.54) is 5.56 Å². The van der Waals surface area contributed by atoms with Crippen molar-refractivity contribution in [3.63, 3.8) is 0 Å². The molecule has 5 heteroatoms. The van der Waals surface area contributed by atoms with Crippen molar-refractivity contribution in [1.82, 2.24) is 0 Å². The fourth-order valence-corrected chi connectivity index (χ4v) is 8.93. The molecule has 3 unspecified atom stereocenters. The van der Waals surface area contributed by atoms with E-state index in [1.807, 2.05) is 38.1 Å². The molecule has 0 aliphatic heterocycles. The molecule has 3 nitrogen and oxygen atoms in total. The number of carbonyl (C=O) groups is 1. The standard InChI is InChI=1S/C20H32O3SSi/c1-8-23-19(21)18-17(20(18,3)4)16(13-25(5,6)7)24(22)15-11-9-14(2)10-12-15/h9-12,16-18H,8,13H2,1-7H3/t16?,17?,18?,24-/m0/s1. The first kappa shape index (κ1) is 20.4. The Morgan fingerprint density at radius 3 is 2.28 bits per heavy atom. The molecule has 0 heterocycles. The Balaban J connectivity index is 2.32. The number of rotatable bonds is 7. The number of hydrogen-bond acceptors (Lipinski definition) is 3. The van der Waals surface area contributed by atoms with Crippen LogP contribution >= 0.6 is 0 Å². The molecule has 1 aromatic carbocycles. The lowest BCUT2D eigenvalue weighted by atomic mass is 10.1. The normalized spacial score (nSPS) is 24.4. The maximum Gasteiger partial charge on any atom is 0.309 e. The largest absolute Gasteiger partial charge is 0.466 e. The van der Waals surface area contributed by atoms with Crippen LogP contribution in [0.15, 0.2) is 29.2 Å². The van der Waals surface area contributed by atoms with Crippen LogP contribution in [-0.4, -0.2) is 30.1 Å². The molecule has 1 saturated carbocycles. The highest BCUT2D eigenvalue weighted by Crippen LogP contribution is 2.62. The molecule has 0 N–H and O–H groups in total. The van der Waals surface area contributed by atoms with Gasteiger partial charge >= 0.3 is 5.97 Å². The van der Waals surface area contributed by atoms with Gasteiger partial charge in [-0.05, 0) is 43.4 Å². The highest BCUT2D eigenvalue weighted by atomic mass is 32.2. The minimum atomic E-state index is -1.44. The third kappa shape index (κ3) is 4.62. The van der Waals surface area contributed by atoms with Gasteiger partial charge in [0.2, 0.25) is 0 Å². The van der Waals surface area contributed by atoms with Crippen LogP contribution in [0.2, 0.25) is 25.7 Å². The Labute approximate surface area is 156 Å². The Kier molecular flexibility index (Phi) is 5.99. The zero-order valence-corrected chi connectivity index (χ0v) is 18.4. The highest BCUT2D eigenvalue weighted by Gasteiger charge is 2.66. The van der Waals surface area contributed by atoms with Gasteiger partial charge in [-0.25, -0.2) is 0 Å². The summed E-state index contributed by atoms with van der Waals surface area (Å²) in [4.78, 5) is 13.3. The van der Waals surface area contributed by atoms with Crippen molar-refractivity contribution >= 4 is 24.8 Å². The van der Waals surface area contributed by atoms with Crippen LogP contribution < -0.4 is 0 Å². The topological polar surface area (TPSA) is 43.4 Å².